The van der Waals surface area contributed by atoms with E-state index in [2.05, 4.69) is 34.7 Å². The number of likely N-dealkylation sites (tertiary alicyclic amines) is 1. The summed E-state index contributed by atoms with van der Waals surface area (Å²) in [7, 11) is 2.06. The number of halogens is 1. The molecule has 0 unspecified atom stereocenters. The Morgan fingerprint density at radius 3 is 2.60 bits per heavy atom. The predicted octanol–water partition coefficient (Wildman–Crippen LogP) is 4.71. The summed E-state index contributed by atoms with van der Waals surface area (Å²) in [6.07, 6.45) is 9.09. The van der Waals surface area contributed by atoms with Gasteiger partial charge in [-0.3, -0.25) is 14.4 Å². The number of anilines is 1. The molecule has 9 heteroatoms. The van der Waals surface area contributed by atoms with E-state index in [0.717, 1.165) is 44.3 Å². The van der Waals surface area contributed by atoms with Crippen molar-refractivity contribution in [2.75, 3.05) is 25.5 Å². The highest BCUT2D eigenvalue weighted by molar-refractivity contribution is 6.31. The van der Waals surface area contributed by atoms with Crippen LogP contribution in [0.15, 0.2) is 60.7 Å². The fraction of sp³-hybridized carbons (Fsp3) is 0.500. The fourth-order valence-electron chi connectivity index (χ4n) is 7.42. The first-order valence-corrected chi connectivity index (χ1v) is 15.9. The number of hydrogen-bond donors (Lipinski definition) is 2. The first-order valence-electron chi connectivity index (χ1n) is 15.5. The summed E-state index contributed by atoms with van der Waals surface area (Å²) < 4.78 is 6.50. The zero-order chi connectivity index (χ0) is 30.1. The maximum absolute atomic E-state index is 14.2. The number of nitrogens with zero attached hydrogens (tertiary/aromatic N) is 2. The van der Waals surface area contributed by atoms with Crippen molar-refractivity contribution in [1.82, 2.24) is 15.1 Å². The first kappa shape index (κ1) is 29.9. The van der Waals surface area contributed by atoms with Crippen LogP contribution in [0.4, 0.5) is 5.69 Å². The van der Waals surface area contributed by atoms with E-state index in [1.165, 1.54) is 12.0 Å². The van der Waals surface area contributed by atoms with Gasteiger partial charge in [-0.2, -0.15) is 0 Å². The van der Waals surface area contributed by atoms with Crippen LogP contribution < -0.4 is 10.6 Å². The minimum atomic E-state index is -1.16. The summed E-state index contributed by atoms with van der Waals surface area (Å²) in [6, 6.07) is 14.9. The second-order valence-corrected chi connectivity index (χ2v) is 13.0. The van der Waals surface area contributed by atoms with E-state index in [0.29, 0.717) is 23.7 Å². The lowest BCUT2D eigenvalue weighted by Crippen LogP contribution is -2.56. The topological polar surface area (TPSA) is 91.0 Å². The molecule has 8 nitrogen and oxygen atoms in total. The second kappa shape index (κ2) is 12.4. The number of carbonyl (C=O) groups is 3. The van der Waals surface area contributed by atoms with Gasteiger partial charge in [0, 0.05) is 29.8 Å². The highest BCUT2D eigenvalue weighted by Gasteiger charge is 2.72. The van der Waals surface area contributed by atoms with Crippen molar-refractivity contribution in [2.24, 2.45) is 11.8 Å². The maximum Gasteiger partial charge on any atom is 0.246 e. The van der Waals surface area contributed by atoms with Gasteiger partial charge in [-0.1, -0.05) is 79.4 Å². The van der Waals surface area contributed by atoms with Gasteiger partial charge >= 0.3 is 0 Å². The normalized spacial score (nSPS) is 28.0. The number of amides is 3. The highest BCUT2D eigenvalue weighted by atomic mass is 35.5. The summed E-state index contributed by atoms with van der Waals surface area (Å²) >= 11 is 6.30. The Balaban J connectivity index is 1.21. The van der Waals surface area contributed by atoms with Gasteiger partial charge in [0.15, 0.2) is 0 Å². The Labute approximate surface area is 258 Å². The van der Waals surface area contributed by atoms with Crippen molar-refractivity contribution in [1.29, 1.82) is 0 Å². The number of fused-ring (bicyclic) bond motifs is 1. The van der Waals surface area contributed by atoms with Crippen LogP contribution in [0.5, 0.6) is 0 Å². The van der Waals surface area contributed by atoms with Crippen molar-refractivity contribution in [3.63, 3.8) is 0 Å². The Hall–Kier alpha value is -3.20. The molecule has 1 aliphatic carbocycles. The van der Waals surface area contributed by atoms with Gasteiger partial charge in [-0.15, -0.1) is 0 Å². The average molecular weight is 605 g/mol. The van der Waals surface area contributed by atoms with E-state index < -0.39 is 29.6 Å². The third kappa shape index (κ3) is 5.85. The van der Waals surface area contributed by atoms with Crippen LogP contribution in [-0.2, 0) is 25.7 Å². The van der Waals surface area contributed by atoms with Gasteiger partial charge in [-0.05, 0) is 63.0 Å². The minimum absolute atomic E-state index is 0.0959. The van der Waals surface area contributed by atoms with Crippen LogP contribution in [0.25, 0.3) is 0 Å². The Kier molecular flexibility index (Phi) is 8.63. The number of benzene rings is 2. The van der Waals surface area contributed by atoms with Gasteiger partial charge in [0.1, 0.15) is 11.6 Å². The summed E-state index contributed by atoms with van der Waals surface area (Å²) in [5.74, 6) is -2.19. The molecule has 2 aromatic rings. The molecule has 3 amide bonds. The van der Waals surface area contributed by atoms with Crippen LogP contribution >= 0.6 is 11.6 Å². The average Bonchev–Trinajstić information content (AvgIpc) is 3.63. The van der Waals surface area contributed by atoms with E-state index in [-0.39, 0.29) is 23.8 Å². The van der Waals surface area contributed by atoms with Crippen LogP contribution in [0.1, 0.15) is 49.7 Å². The van der Waals surface area contributed by atoms with Crippen molar-refractivity contribution in [3.8, 4) is 0 Å². The molecule has 3 fully saturated rings. The Bertz CT molecular complexity index is 1390. The number of nitrogens with one attached hydrogen (secondary N) is 2. The Morgan fingerprint density at radius 2 is 1.86 bits per heavy atom. The van der Waals surface area contributed by atoms with Crippen LogP contribution in [0.2, 0.25) is 5.02 Å². The molecule has 2 bridgehead atoms. The lowest BCUT2D eigenvalue weighted by Gasteiger charge is -2.34. The van der Waals surface area contributed by atoms with E-state index in [1.807, 2.05) is 43.3 Å². The van der Waals surface area contributed by atoms with Gasteiger partial charge in [0.25, 0.3) is 0 Å². The third-order valence-electron chi connectivity index (χ3n) is 9.55. The monoisotopic (exact) mass is 604 g/mol. The van der Waals surface area contributed by atoms with Crippen molar-refractivity contribution in [2.45, 2.75) is 75.8 Å². The van der Waals surface area contributed by atoms with Crippen LogP contribution in [0, 0.1) is 18.8 Å². The van der Waals surface area contributed by atoms with Crippen LogP contribution in [0.3, 0.4) is 0 Å². The predicted molar refractivity (Wildman–Crippen MR) is 166 cm³/mol. The molecule has 3 aliphatic heterocycles. The van der Waals surface area contributed by atoms with Crippen molar-refractivity contribution in [3.05, 3.63) is 76.8 Å². The largest absolute Gasteiger partial charge is 0.359 e. The summed E-state index contributed by atoms with van der Waals surface area (Å²) in [6.45, 7) is 3.86. The number of rotatable bonds is 10. The molecule has 0 radical (unpaired) electrons. The molecule has 2 N–H and O–H groups in total. The van der Waals surface area contributed by atoms with Crippen LogP contribution in [-0.4, -0.2) is 71.4 Å². The van der Waals surface area contributed by atoms with E-state index in [1.54, 1.807) is 17.0 Å². The minimum Gasteiger partial charge on any atom is -0.359 e. The SMILES string of the molecule is Cc1ccc(NC(=O)[C@H]2[C@H]3C=C[C@@]4(O3)[C@H]2C(=O)N(CCCN(C)Cc2ccccc2)[C@@H]4C(=O)NC2CCCCC2)cc1Cl. The molecule has 43 heavy (non-hydrogen) atoms. The number of carbonyl (C=O) groups excluding carboxylic acids is 3. The van der Waals surface area contributed by atoms with Crippen molar-refractivity contribution < 1.29 is 19.1 Å². The van der Waals surface area contributed by atoms with E-state index in [4.69, 9.17) is 16.3 Å². The van der Waals surface area contributed by atoms with Gasteiger partial charge < -0.3 is 25.2 Å². The number of hydrogen-bond acceptors (Lipinski definition) is 5. The van der Waals surface area contributed by atoms with E-state index >= 15 is 0 Å². The molecule has 1 saturated carbocycles. The molecule has 0 aromatic heterocycles. The third-order valence-corrected chi connectivity index (χ3v) is 9.96. The zero-order valence-corrected chi connectivity index (χ0v) is 25.7. The van der Waals surface area contributed by atoms with Gasteiger partial charge in [-0.25, -0.2) is 0 Å². The summed E-state index contributed by atoms with van der Waals surface area (Å²) in [5.41, 5.74) is 1.53. The molecule has 228 valence electrons. The molecule has 4 aliphatic rings. The quantitative estimate of drug-likeness (QED) is 0.384. The molecular weight excluding hydrogens is 564 g/mol. The molecule has 2 aromatic carbocycles. The van der Waals surface area contributed by atoms with E-state index in [9.17, 15) is 14.4 Å². The second-order valence-electron chi connectivity index (χ2n) is 12.6. The molecule has 1 spiro atoms. The summed E-state index contributed by atoms with van der Waals surface area (Å²) in [4.78, 5) is 45.9. The Morgan fingerprint density at radius 1 is 1.09 bits per heavy atom. The first-order chi connectivity index (χ1) is 20.8. The molecule has 6 rings (SSSR count). The number of ether oxygens (including phenoxy) is 1. The summed E-state index contributed by atoms with van der Waals surface area (Å²) in [5, 5.41) is 6.77. The molecule has 2 saturated heterocycles. The lowest BCUT2D eigenvalue weighted by atomic mass is 9.74. The molecule has 3 heterocycles. The van der Waals surface area contributed by atoms with Gasteiger partial charge in [0.05, 0.1) is 17.9 Å². The lowest BCUT2D eigenvalue weighted by molar-refractivity contribution is -0.141. The zero-order valence-electron chi connectivity index (χ0n) is 24.9. The van der Waals surface area contributed by atoms with Crippen molar-refractivity contribution >= 4 is 35.0 Å². The maximum atomic E-state index is 14.2. The smallest absolute Gasteiger partial charge is 0.246 e. The fourth-order valence-corrected chi connectivity index (χ4v) is 7.60. The highest BCUT2D eigenvalue weighted by Crippen LogP contribution is 2.55. The molecule has 5 atom stereocenters. The number of aryl methyl sites for hydroxylation is 1. The standard InChI is InChI=1S/C34H41ClN4O4/c1-22-14-15-25(20-26(22)35)37-31(40)28-27-16-17-34(43-27)29(28)33(42)39(30(34)32(41)36-24-12-7-4-8-13-24)19-9-18-38(2)21-23-10-5-3-6-11-23/h3,5-6,10-11,14-17,20,24,27-30H,4,7-9,12-13,18-19,21H2,1-2H3,(H,36,41)(H,37,40)/t27-,28+,29-,30-,34-/m1/s1. The molecular formula is C34H41ClN4O4. The van der Waals surface area contributed by atoms with Gasteiger partial charge in [0.2, 0.25) is 17.7 Å².